The molecule has 0 spiro atoms. The third-order valence-corrected chi connectivity index (χ3v) is 3.58. The van der Waals surface area contributed by atoms with E-state index in [9.17, 15) is 5.11 Å². The highest BCUT2D eigenvalue weighted by Crippen LogP contribution is 2.22. The smallest absolute Gasteiger partial charge is 0.0913 e. The van der Waals surface area contributed by atoms with E-state index >= 15 is 0 Å². The van der Waals surface area contributed by atoms with Gasteiger partial charge in [0.15, 0.2) is 0 Å². The monoisotopic (exact) mass is 251 g/mol. The number of aryl methyl sites for hydroxylation is 1. The van der Waals surface area contributed by atoms with Crippen LogP contribution in [0.2, 0.25) is 0 Å². The van der Waals surface area contributed by atoms with Gasteiger partial charge in [-0.05, 0) is 38.3 Å². The van der Waals surface area contributed by atoms with Crippen LogP contribution in [0.15, 0.2) is 18.3 Å². The summed E-state index contributed by atoms with van der Waals surface area (Å²) >= 11 is 0. The summed E-state index contributed by atoms with van der Waals surface area (Å²) in [5, 5.41) is 10.3. The van der Waals surface area contributed by atoms with Crippen molar-refractivity contribution in [3.63, 3.8) is 0 Å². The first kappa shape index (κ1) is 15.1. The van der Waals surface area contributed by atoms with Crippen LogP contribution in [0, 0.1) is 0 Å². The average Bonchev–Trinajstić information content (AvgIpc) is 2.39. The molecular weight excluding hydrogens is 226 g/mol. The van der Waals surface area contributed by atoms with Crippen molar-refractivity contribution in [2.24, 2.45) is 0 Å². The van der Waals surface area contributed by atoms with Gasteiger partial charge in [-0.3, -0.25) is 4.98 Å². The Bertz CT molecular complexity index is 350. The summed E-state index contributed by atoms with van der Waals surface area (Å²) in [7, 11) is 0. The molecule has 2 atom stereocenters. The number of aliphatic hydroxyl groups excluding tert-OH is 1. The zero-order valence-electron chi connectivity index (χ0n) is 11.9. The van der Waals surface area contributed by atoms with Crippen LogP contribution in [0.25, 0.3) is 0 Å². The summed E-state index contributed by atoms with van der Waals surface area (Å²) in [4.78, 5) is 4.38. The largest absolute Gasteiger partial charge is 0.390 e. The van der Waals surface area contributed by atoms with Gasteiger partial charge in [0.25, 0.3) is 0 Å². The Balaban J connectivity index is 2.69. The molecule has 0 bridgehead atoms. The van der Waals surface area contributed by atoms with Crippen molar-refractivity contribution in [2.75, 3.05) is 6.61 Å². The van der Waals surface area contributed by atoms with Crippen LogP contribution in [0.1, 0.15) is 45.4 Å². The van der Waals surface area contributed by atoms with E-state index in [0.717, 1.165) is 18.5 Å². The molecule has 0 amide bonds. The third kappa shape index (κ3) is 3.79. The molecule has 1 N–H and O–H groups in total. The molecule has 2 unspecified atom stereocenters. The van der Waals surface area contributed by atoms with Crippen molar-refractivity contribution in [3.05, 3.63) is 29.6 Å². The lowest BCUT2D eigenvalue weighted by Gasteiger charge is -2.33. The van der Waals surface area contributed by atoms with Crippen LogP contribution in [-0.2, 0) is 17.6 Å². The molecule has 0 aliphatic rings. The highest BCUT2D eigenvalue weighted by atomic mass is 16.5. The fourth-order valence-electron chi connectivity index (χ4n) is 1.96. The molecule has 0 aliphatic heterocycles. The van der Waals surface area contributed by atoms with E-state index in [1.54, 1.807) is 0 Å². The Morgan fingerprint density at radius 1 is 1.33 bits per heavy atom. The van der Waals surface area contributed by atoms with Crippen LogP contribution in [0.5, 0.6) is 0 Å². The van der Waals surface area contributed by atoms with E-state index in [2.05, 4.69) is 18.0 Å². The molecular formula is C15H25NO2. The number of pyridine rings is 1. The summed E-state index contributed by atoms with van der Waals surface area (Å²) in [6, 6.07) is 4.06. The van der Waals surface area contributed by atoms with Crippen molar-refractivity contribution >= 4 is 0 Å². The zero-order valence-corrected chi connectivity index (χ0v) is 11.9. The predicted octanol–water partition coefficient (Wildman–Crippen LogP) is 2.75. The lowest BCUT2D eigenvalue weighted by molar-refractivity contribution is -0.110. The molecule has 0 fully saturated rings. The summed E-state index contributed by atoms with van der Waals surface area (Å²) in [6.07, 6.45) is 3.67. The van der Waals surface area contributed by atoms with Crippen LogP contribution in [0.3, 0.4) is 0 Å². The molecule has 1 rings (SSSR count). The van der Waals surface area contributed by atoms with Gasteiger partial charge in [-0.1, -0.05) is 19.9 Å². The van der Waals surface area contributed by atoms with Gasteiger partial charge in [0.05, 0.1) is 11.7 Å². The Morgan fingerprint density at radius 3 is 2.50 bits per heavy atom. The SMILES string of the molecule is CCOC(C)(CC)C(O)Cc1ccc(CC)cn1. The molecule has 3 heteroatoms. The van der Waals surface area contributed by atoms with Crippen LogP contribution >= 0.6 is 0 Å². The molecule has 0 aliphatic carbocycles. The van der Waals surface area contributed by atoms with E-state index in [-0.39, 0.29) is 0 Å². The zero-order chi connectivity index (χ0) is 13.6. The van der Waals surface area contributed by atoms with Crippen LogP contribution in [-0.4, -0.2) is 28.4 Å². The van der Waals surface area contributed by atoms with E-state index in [4.69, 9.17) is 4.74 Å². The minimum Gasteiger partial charge on any atom is -0.390 e. The minimum absolute atomic E-state index is 0.486. The second kappa shape index (κ2) is 6.86. The predicted molar refractivity (Wildman–Crippen MR) is 73.6 cm³/mol. The van der Waals surface area contributed by atoms with Crippen molar-refractivity contribution in [1.82, 2.24) is 4.98 Å². The molecule has 1 aromatic rings. The normalized spacial score (nSPS) is 16.3. The van der Waals surface area contributed by atoms with E-state index in [1.165, 1.54) is 5.56 Å². The highest BCUT2D eigenvalue weighted by Gasteiger charge is 2.32. The van der Waals surface area contributed by atoms with Gasteiger partial charge < -0.3 is 9.84 Å². The quantitative estimate of drug-likeness (QED) is 0.810. The molecule has 18 heavy (non-hydrogen) atoms. The van der Waals surface area contributed by atoms with Crippen LogP contribution in [0.4, 0.5) is 0 Å². The minimum atomic E-state index is -0.526. The maximum atomic E-state index is 10.3. The number of rotatable bonds is 7. The molecule has 0 radical (unpaired) electrons. The van der Waals surface area contributed by atoms with Gasteiger partial charge >= 0.3 is 0 Å². The number of hydrogen-bond acceptors (Lipinski definition) is 3. The first-order chi connectivity index (χ1) is 8.55. The highest BCUT2D eigenvalue weighted by molar-refractivity contribution is 5.15. The Kier molecular flexibility index (Phi) is 5.76. The Labute approximate surface area is 110 Å². The molecule has 1 heterocycles. The van der Waals surface area contributed by atoms with E-state index in [1.807, 2.05) is 33.0 Å². The van der Waals surface area contributed by atoms with Gasteiger partial charge in [-0.25, -0.2) is 0 Å². The molecule has 0 aromatic carbocycles. The fourth-order valence-corrected chi connectivity index (χ4v) is 1.96. The topological polar surface area (TPSA) is 42.4 Å². The lowest BCUT2D eigenvalue weighted by atomic mass is 9.92. The second-order valence-electron chi connectivity index (χ2n) is 4.83. The van der Waals surface area contributed by atoms with Gasteiger partial charge in [-0.15, -0.1) is 0 Å². The Hall–Kier alpha value is -0.930. The number of ether oxygens (including phenoxy) is 1. The maximum Gasteiger partial charge on any atom is 0.0913 e. The standard InChI is InChI=1S/C15H25NO2/c1-5-12-8-9-13(16-11-12)10-14(17)15(4,6-2)18-7-3/h8-9,11,14,17H,5-7,10H2,1-4H3. The maximum absolute atomic E-state index is 10.3. The summed E-state index contributed by atoms with van der Waals surface area (Å²) in [5.74, 6) is 0. The van der Waals surface area contributed by atoms with Gasteiger partial charge in [0, 0.05) is 24.9 Å². The number of aliphatic hydroxyl groups is 1. The first-order valence-electron chi connectivity index (χ1n) is 6.81. The Morgan fingerprint density at radius 2 is 2.06 bits per heavy atom. The fraction of sp³-hybridized carbons (Fsp3) is 0.667. The average molecular weight is 251 g/mol. The molecule has 0 saturated carbocycles. The number of nitrogens with zero attached hydrogens (tertiary/aromatic N) is 1. The van der Waals surface area contributed by atoms with Crippen molar-refractivity contribution in [2.45, 2.75) is 58.7 Å². The van der Waals surface area contributed by atoms with Crippen molar-refractivity contribution in [3.8, 4) is 0 Å². The summed E-state index contributed by atoms with van der Waals surface area (Å²) < 4.78 is 5.68. The number of hydrogen-bond donors (Lipinski definition) is 1. The molecule has 1 aromatic heterocycles. The first-order valence-corrected chi connectivity index (χ1v) is 6.81. The molecule has 102 valence electrons. The second-order valence-corrected chi connectivity index (χ2v) is 4.83. The lowest BCUT2D eigenvalue weighted by Crippen LogP contribution is -2.43. The molecule has 3 nitrogen and oxygen atoms in total. The van der Waals surface area contributed by atoms with E-state index < -0.39 is 11.7 Å². The summed E-state index contributed by atoms with van der Waals surface area (Å²) in [6.45, 7) is 8.67. The van der Waals surface area contributed by atoms with E-state index in [0.29, 0.717) is 13.0 Å². The van der Waals surface area contributed by atoms with Crippen LogP contribution < -0.4 is 0 Å². The summed E-state index contributed by atoms with van der Waals surface area (Å²) in [5.41, 5.74) is 1.65. The van der Waals surface area contributed by atoms with Crippen molar-refractivity contribution < 1.29 is 9.84 Å². The third-order valence-electron chi connectivity index (χ3n) is 3.58. The van der Waals surface area contributed by atoms with Gasteiger partial charge in [0.1, 0.15) is 0 Å². The van der Waals surface area contributed by atoms with Gasteiger partial charge in [-0.2, -0.15) is 0 Å². The van der Waals surface area contributed by atoms with Gasteiger partial charge in [0.2, 0.25) is 0 Å². The number of aromatic nitrogens is 1. The van der Waals surface area contributed by atoms with Crippen molar-refractivity contribution in [1.29, 1.82) is 0 Å². The molecule has 0 saturated heterocycles.